The molecule has 0 unspecified atom stereocenters. The lowest BCUT2D eigenvalue weighted by atomic mass is 9.84. The number of rotatable bonds is 4. The first-order valence-electron chi connectivity index (χ1n) is 9.79. The van der Waals surface area contributed by atoms with Crippen molar-refractivity contribution in [3.63, 3.8) is 0 Å². The van der Waals surface area contributed by atoms with Crippen LogP contribution in [0.3, 0.4) is 0 Å². The maximum absolute atomic E-state index is 12.9. The van der Waals surface area contributed by atoms with E-state index in [0.717, 1.165) is 31.5 Å². The van der Waals surface area contributed by atoms with Crippen molar-refractivity contribution in [2.45, 2.75) is 70.9 Å². The van der Waals surface area contributed by atoms with Crippen molar-refractivity contribution in [1.82, 2.24) is 10.6 Å². The van der Waals surface area contributed by atoms with Crippen LogP contribution in [0, 0.1) is 5.92 Å². The molecular weight excluding hydrogens is 308 g/mol. The minimum Gasteiger partial charge on any atom is -0.379 e. The molecule has 2 aliphatic rings. The van der Waals surface area contributed by atoms with Crippen LogP contribution in [0.2, 0.25) is 0 Å². The molecule has 1 aromatic carbocycles. The van der Waals surface area contributed by atoms with Gasteiger partial charge in [0.1, 0.15) is 0 Å². The molecule has 0 aromatic heterocycles. The summed E-state index contributed by atoms with van der Waals surface area (Å²) < 4.78 is 0. The minimum atomic E-state index is -0.0207. The van der Waals surface area contributed by atoms with E-state index in [0.29, 0.717) is 5.78 Å². The first-order chi connectivity index (χ1) is 12.0. The second-order valence-corrected chi connectivity index (χ2v) is 8.36. The number of carbonyl (C=O) groups is 1. The van der Waals surface area contributed by atoms with E-state index in [1.165, 1.54) is 42.4 Å². The molecule has 1 fully saturated rings. The SMILES string of the molecule is CNCc1ccc2c(c1)C(=CC(=O)C1CCCCCC1)NC(C)(C)C2. The Morgan fingerprint density at radius 1 is 1.24 bits per heavy atom. The fourth-order valence-corrected chi connectivity index (χ4v) is 4.23. The third-order valence-corrected chi connectivity index (χ3v) is 5.49. The highest BCUT2D eigenvalue weighted by Gasteiger charge is 2.29. The molecule has 1 saturated carbocycles. The Hall–Kier alpha value is -1.61. The molecular formula is C22H32N2O. The lowest BCUT2D eigenvalue weighted by molar-refractivity contribution is -0.118. The Balaban J connectivity index is 1.91. The predicted molar refractivity (Wildman–Crippen MR) is 104 cm³/mol. The van der Waals surface area contributed by atoms with E-state index in [9.17, 15) is 4.79 Å². The van der Waals surface area contributed by atoms with Crippen LogP contribution >= 0.6 is 0 Å². The van der Waals surface area contributed by atoms with Crippen molar-refractivity contribution in [2.75, 3.05) is 7.05 Å². The fourth-order valence-electron chi connectivity index (χ4n) is 4.23. The highest BCUT2D eigenvalue weighted by atomic mass is 16.1. The topological polar surface area (TPSA) is 41.1 Å². The lowest BCUT2D eigenvalue weighted by Gasteiger charge is -2.36. The summed E-state index contributed by atoms with van der Waals surface area (Å²) in [6.07, 6.45) is 9.94. The molecule has 1 aromatic rings. The van der Waals surface area contributed by atoms with E-state index in [2.05, 4.69) is 42.7 Å². The van der Waals surface area contributed by atoms with Gasteiger partial charge in [-0.05, 0) is 57.4 Å². The summed E-state index contributed by atoms with van der Waals surface area (Å²) in [6.45, 7) is 5.27. The predicted octanol–water partition coefficient (Wildman–Crippen LogP) is 4.21. The van der Waals surface area contributed by atoms with E-state index in [1.54, 1.807) is 0 Å². The summed E-state index contributed by atoms with van der Waals surface area (Å²) in [5.74, 6) is 0.526. The monoisotopic (exact) mass is 340 g/mol. The van der Waals surface area contributed by atoms with Crippen LogP contribution < -0.4 is 10.6 Å². The summed E-state index contributed by atoms with van der Waals surface area (Å²) in [4.78, 5) is 12.9. The summed E-state index contributed by atoms with van der Waals surface area (Å²) in [7, 11) is 1.97. The van der Waals surface area contributed by atoms with E-state index in [4.69, 9.17) is 0 Å². The van der Waals surface area contributed by atoms with Crippen molar-refractivity contribution in [3.05, 3.63) is 41.0 Å². The second-order valence-electron chi connectivity index (χ2n) is 8.36. The molecule has 1 heterocycles. The molecule has 0 bridgehead atoms. The van der Waals surface area contributed by atoms with Crippen molar-refractivity contribution >= 4 is 11.5 Å². The van der Waals surface area contributed by atoms with Crippen molar-refractivity contribution in [2.24, 2.45) is 5.92 Å². The number of ketones is 1. The van der Waals surface area contributed by atoms with Gasteiger partial charge in [-0.25, -0.2) is 0 Å². The van der Waals surface area contributed by atoms with Crippen LogP contribution in [0.5, 0.6) is 0 Å². The molecule has 1 aliphatic carbocycles. The van der Waals surface area contributed by atoms with Crippen LogP contribution in [-0.2, 0) is 17.8 Å². The Kier molecular flexibility index (Phi) is 5.63. The van der Waals surface area contributed by atoms with Gasteiger partial charge >= 0.3 is 0 Å². The summed E-state index contributed by atoms with van der Waals surface area (Å²) in [5, 5.41) is 6.84. The maximum atomic E-state index is 12.9. The normalized spacial score (nSPS) is 22.1. The molecule has 3 heteroatoms. The molecule has 0 radical (unpaired) electrons. The van der Waals surface area contributed by atoms with Gasteiger partial charge in [0.2, 0.25) is 0 Å². The third-order valence-electron chi connectivity index (χ3n) is 5.49. The zero-order valence-corrected chi connectivity index (χ0v) is 16.0. The van der Waals surface area contributed by atoms with Gasteiger partial charge in [-0.1, -0.05) is 37.8 Å². The fraction of sp³-hybridized carbons (Fsp3) is 0.591. The van der Waals surface area contributed by atoms with Crippen LogP contribution in [0.4, 0.5) is 0 Å². The van der Waals surface area contributed by atoms with Crippen LogP contribution in [0.15, 0.2) is 24.3 Å². The first kappa shape index (κ1) is 18.2. The van der Waals surface area contributed by atoms with Crippen molar-refractivity contribution in [1.29, 1.82) is 0 Å². The summed E-state index contributed by atoms with van der Waals surface area (Å²) >= 11 is 0. The highest BCUT2D eigenvalue weighted by molar-refractivity contribution is 5.98. The zero-order chi connectivity index (χ0) is 17.9. The van der Waals surface area contributed by atoms with Gasteiger partial charge in [-0.2, -0.15) is 0 Å². The van der Waals surface area contributed by atoms with Gasteiger partial charge in [0.05, 0.1) is 0 Å². The number of carbonyl (C=O) groups excluding carboxylic acids is 1. The summed E-state index contributed by atoms with van der Waals surface area (Å²) in [6, 6.07) is 6.66. The van der Waals surface area contributed by atoms with Crippen LogP contribution in [0.25, 0.3) is 5.70 Å². The van der Waals surface area contributed by atoms with Gasteiger partial charge in [0.15, 0.2) is 5.78 Å². The highest BCUT2D eigenvalue weighted by Crippen LogP contribution is 2.32. The standard InChI is InChI=1S/C22H32N2O/c1-22(2)14-18-11-10-16(15-23-3)12-19(18)20(24-22)13-21(25)17-8-6-4-5-7-9-17/h10-13,17,23-24H,4-9,14-15H2,1-3H3. The smallest absolute Gasteiger partial charge is 0.160 e. The van der Waals surface area contributed by atoms with Crippen LogP contribution in [-0.4, -0.2) is 18.4 Å². The van der Waals surface area contributed by atoms with Crippen molar-refractivity contribution < 1.29 is 4.79 Å². The number of fused-ring (bicyclic) bond motifs is 1. The summed E-state index contributed by atoms with van der Waals surface area (Å²) in [5.41, 5.74) is 4.79. The maximum Gasteiger partial charge on any atom is 0.160 e. The largest absolute Gasteiger partial charge is 0.379 e. The molecule has 1 aliphatic heterocycles. The van der Waals surface area contributed by atoms with E-state index in [-0.39, 0.29) is 11.5 Å². The van der Waals surface area contributed by atoms with Crippen LogP contribution in [0.1, 0.15) is 69.1 Å². The molecule has 136 valence electrons. The van der Waals surface area contributed by atoms with Gasteiger partial charge in [-0.3, -0.25) is 4.79 Å². The Morgan fingerprint density at radius 3 is 2.64 bits per heavy atom. The molecule has 0 saturated heterocycles. The van der Waals surface area contributed by atoms with E-state index in [1.807, 2.05) is 13.1 Å². The second kappa shape index (κ2) is 7.74. The molecule has 3 rings (SSSR count). The Labute approximate surface area is 152 Å². The van der Waals surface area contributed by atoms with Gasteiger partial charge < -0.3 is 10.6 Å². The van der Waals surface area contributed by atoms with Gasteiger partial charge in [-0.15, -0.1) is 0 Å². The van der Waals surface area contributed by atoms with Crippen molar-refractivity contribution in [3.8, 4) is 0 Å². The molecule has 2 N–H and O–H groups in total. The number of nitrogens with one attached hydrogen (secondary N) is 2. The van der Waals surface area contributed by atoms with E-state index < -0.39 is 0 Å². The average molecular weight is 341 g/mol. The minimum absolute atomic E-state index is 0.0207. The zero-order valence-electron chi connectivity index (χ0n) is 16.0. The Morgan fingerprint density at radius 2 is 1.96 bits per heavy atom. The Bertz CT molecular complexity index is 652. The molecule has 0 amide bonds. The number of hydrogen-bond donors (Lipinski definition) is 2. The van der Waals surface area contributed by atoms with Gasteiger partial charge in [0, 0.05) is 35.3 Å². The molecule has 0 spiro atoms. The lowest BCUT2D eigenvalue weighted by Crippen LogP contribution is -2.44. The number of allylic oxidation sites excluding steroid dienone is 1. The third kappa shape index (κ3) is 4.52. The molecule has 3 nitrogen and oxygen atoms in total. The average Bonchev–Trinajstić information content (AvgIpc) is 2.84. The molecule has 25 heavy (non-hydrogen) atoms. The quantitative estimate of drug-likeness (QED) is 0.637. The van der Waals surface area contributed by atoms with E-state index >= 15 is 0 Å². The molecule has 0 atom stereocenters. The number of hydrogen-bond acceptors (Lipinski definition) is 3. The van der Waals surface area contributed by atoms with Gasteiger partial charge in [0.25, 0.3) is 0 Å². The first-order valence-corrected chi connectivity index (χ1v) is 9.79. The number of benzene rings is 1.